The summed E-state index contributed by atoms with van der Waals surface area (Å²) in [4.78, 5) is 35.4. The number of benzene rings is 2. The molecule has 0 heterocycles. The fraction of sp³-hybridized carbons (Fsp3) is 0.240. The molecule has 178 valence electrons. The van der Waals surface area contributed by atoms with Crippen LogP contribution in [0.1, 0.15) is 41.8 Å². The first-order valence-corrected chi connectivity index (χ1v) is 10.1. The molecule has 0 unspecified atom stereocenters. The third kappa shape index (κ3) is 9.15. The van der Waals surface area contributed by atoms with Crippen molar-refractivity contribution in [3.05, 3.63) is 65.2 Å². The zero-order valence-electron chi connectivity index (χ0n) is 17.9. The highest BCUT2D eigenvalue weighted by Gasteiger charge is 2.19. The molecule has 2 aromatic carbocycles. The van der Waals surface area contributed by atoms with E-state index < -0.39 is 17.9 Å². The maximum Gasteiger partial charge on any atom is 0.267 e. The quantitative estimate of drug-likeness (QED) is 0.194. The minimum absolute atomic E-state index is 0. The minimum Gasteiger partial charge on any atom is -0.339 e. The van der Waals surface area contributed by atoms with Gasteiger partial charge in [0.2, 0.25) is 5.91 Å². The Kier molecular flexibility index (Phi) is 12.2. The van der Waals surface area contributed by atoms with Gasteiger partial charge < -0.3 is 22.1 Å². The summed E-state index contributed by atoms with van der Waals surface area (Å²) >= 11 is 0. The van der Waals surface area contributed by atoms with Gasteiger partial charge in [0, 0.05) is 35.3 Å². The molecule has 9 heteroatoms. The van der Waals surface area contributed by atoms with Crippen molar-refractivity contribution < 1.29 is 19.6 Å². The van der Waals surface area contributed by atoms with Gasteiger partial charge in [-0.15, -0.1) is 0 Å². The Labute approximate surface area is 199 Å². The van der Waals surface area contributed by atoms with Crippen LogP contribution in [0.2, 0.25) is 0 Å². The van der Waals surface area contributed by atoms with E-state index in [9.17, 15) is 14.4 Å². The van der Waals surface area contributed by atoms with E-state index in [0.717, 1.165) is 0 Å². The zero-order valence-corrected chi connectivity index (χ0v) is 17.9. The number of amides is 3. The number of anilines is 1. The van der Waals surface area contributed by atoms with Crippen molar-refractivity contribution in [1.82, 2.24) is 10.8 Å². The average Bonchev–Trinajstić information content (AvgIpc) is 2.83. The van der Waals surface area contributed by atoms with Crippen molar-refractivity contribution in [2.75, 3.05) is 18.4 Å². The van der Waals surface area contributed by atoms with Crippen molar-refractivity contribution in [1.29, 1.82) is 0 Å². The summed E-state index contributed by atoms with van der Waals surface area (Å²) in [5.41, 5.74) is 14.6. The highest BCUT2D eigenvalue weighted by molar-refractivity contribution is 5.97. The van der Waals surface area contributed by atoms with Crippen molar-refractivity contribution in [3.8, 4) is 23.7 Å². The van der Waals surface area contributed by atoms with Gasteiger partial charge in [-0.3, -0.25) is 19.6 Å². The van der Waals surface area contributed by atoms with Crippen molar-refractivity contribution in [2.24, 2.45) is 11.5 Å². The molecule has 9 nitrogen and oxygen atoms in total. The zero-order chi connectivity index (χ0) is 24.1. The van der Waals surface area contributed by atoms with Gasteiger partial charge >= 0.3 is 0 Å². The predicted octanol–water partition coefficient (Wildman–Crippen LogP) is 0.966. The third-order valence-corrected chi connectivity index (χ3v) is 4.35. The van der Waals surface area contributed by atoms with Gasteiger partial charge in [-0.25, -0.2) is 5.48 Å². The Hall–Kier alpha value is -4.15. The summed E-state index contributed by atoms with van der Waals surface area (Å²) in [5.74, 6) is 9.88. The first kappa shape index (κ1) is 27.9. The van der Waals surface area contributed by atoms with Crippen LogP contribution in [0.5, 0.6) is 0 Å². The number of rotatable bonds is 8. The molecule has 0 aliphatic carbocycles. The summed E-state index contributed by atoms with van der Waals surface area (Å²) in [5, 5.41) is 13.9. The maximum absolute atomic E-state index is 12.2. The number of nitrogens with one attached hydrogen (secondary N) is 3. The summed E-state index contributed by atoms with van der Waals surface area (Å²) < 4.78 is 0. The van der Waals surface area contributed by atoms with Crippen LogP contribution in [-0.4, -0.2) is 42.1 Å². The normalized spacial score (nSPS) is 10.2. The standard InChI is InChI=1S/C24H25N5O4.CH4/c25-14-4-9-22(30)27-20-8-3-7-18(15-20)6-2-1-5-17-10-12-19(13-11-17)23(31)28-21(16-26)24(32)29-33;/h3,7-8,10-13,15,21,33H,4,9,14,16,25-26H2,(H,27,30)(H,28,31)(H,29,32);1H4/t21-;/m0./s1. The Morgan fingerprint density at radius 1 is 0.971 bits per heavy atom. The van der Waals surface area contributed by atoms with E-state index in [-0.39, 0.29) is 19.9 Å². The molecular weight excluding hydrogens is 434 g/mol. The van der Waals surface area contributed by atoms with E-state index in [2.05, 4.69) is 34.3 Å². The molecule has 3 amide bonds. The van der Waals surface area contributed by atoms with Crippen LogP contribution < -0.4 is 27.6 Å². The lowest BCUT2D eigenvalue weighted by atomic mass is 10.1. The second-order valence-corrected chi connectivity index (χ2v) is 6.84. The van der Waals surface area contributed by atoms with E-state index in [1.807, 2.05) is 6.07 Å². The molecular formula is C25H29N5O4. The van der Waals surface area contributed by atoms with Gasteiger partial charge in [-0.2, -0.15) is 0 Å². The number of carbonyl (C=O) groups is 3. The molecule has 0 bridgehead atoms. The highest BCUT2D eigenvalue weighted by Crippen LogP contribution is 2.10. The van der Waals surface area contributed by atoms with Gasteiger partial charge in [-0.05, 0) is 67.3 Å². The Morgan fingerprint density at radius 3 is 2.26 bits per heavy atom. The summed E-state index contributed by atoms with van der Waals surface area (Å²) in [6.45, 7) is 0.301. The lowest BCUT2D eigenvalue weighted by Gasteiger charge is -2.14. The highest BCUT2D eigenvalue weighted by atomic mass is 16.5. The Morgan fingerprint density at radius 2 is 1.65 bits per heavy atom. The topological polar surface area (TPSA) is 160 Å². The molecule has 2 aromatic rings. The van der Waals surface area contributed by atoms with Gasteiger partial charge in [0.15, 0.2) is 0 Å². The molecule has 1 atom stereocenters. The lowest BCUT2D eigenvalue weighted by molar-refractivity contribution is -0.130. The van der Waals surface area contributed by atoms with Crippen molar-refractivity contribution >= 4 is 23.4 Å². The predicted molar refractivity (Wildman–Crippen MR) is 131 cm³/mol. The van der Waals surface area contributed by atoms with Gasteiger partial charge in [-0.1, -0.05) is 25.3 Å². The van der Waals surface area contributed by atoms with Crippen LogP contribution in [0, 0.1) is 23.7 Å². The van der Waals surface area contributed by atoms with E-state index >= 15 is 0 Å². The number of nitrogens with two attached hydrogens (primary N) is 2. The molecule has 0 fully saturated rings. The second-order valence-electron chi connectivity index (χ2n) is 6.84. The van der Waals surface area contributed by atoms with Crippen LogP contribution in [0.15, 0.2) is 48.5 Å². The molecule has 8 N–H and O–H groups in total. The maximum atomic E-state index is 12.2. The Bertz CT molecular complexity index is 1110. The Balaban J connectivity index is 0.00000578. The SMILES string of the molecule is C.NCCCC(=O)Nc1cccc(C#CC#Cc2ccc(C(=O)N[C@@H](CN)C(=O)NO)cc2)c1. The lowest BCUT2D eigenvalue weighted by Crippen LogP contribution is -2.50. The van der Waals surface area contributed by atoms with Crippen molar-refractivity contribution in [2.45, 2.75) is 26.3 Å². The van der Waals surface area contributed by atoms with E-state index in [1.165, 1.54) is 5.48 Å². The summed E-state index contributed by atoms with van der Waals surface area (Å²) in [7, 11) is 0. The molecule has 0 saturated carbocycles. The van der Waals surface area contributed by atoms with Crippen LogP contribution in [0.25, 0.3) is 0 Å². The molecule has 34 heavy (non-hydrogen) atoms. The van der Waals surface area contributed by atoms with Crippen LogP contribution in [0.4, 0.5) is 5.69 Å². The first-order chi connectivity index (χ1) is 16.0. The van der Waals surface area contributed by atoms with Gasteiger partial charge in [0.25, 0.3) is 11.8 Å². The monoisotopic (exact) mass is 463 g/mol. The average molecular weight is 464 g/mol. The molecule has 0 aliphatic rings. The minimum atomic E-state index is -1.05. The molecule has 0 aliphatic heterocycles. The van der Waals surface area contributed by atoms with Crippen LogP contribution in [0.3, 0.4) is 0 Å². The van der Waals surface area contributed by atoms with Crippen LogP contribution in [-0.2, 0) is 9.59 Å². The number of hydrogen-bond acceptors (Lipinski definition) is 6. The van der Waals surface area contributed by atoms with E-state index in [0.29, 0.717) is 41.8 Å². The smallest absolute Gasteiger partial charge is 0.267 e. The largest absolute Gasteiger partial charge is 0.339 e. The number of hydroxylamine groups is 1. The van der Waals surface area contributed by atoms with E-state index in [1.54, 1.807) is 42.5 Å². The molecule has 0 spiro atoms. The van der Waals surface area contributed by atoms with Gasteiger partial charge in [0.05, 0.1) is 0 Å². The molecule has 2 rings (SSSR count). The third-order valence-electron chi connectivity index (χ3n) is 4.35. The fourth-order valence-electron chi connectivity index (χ4n) is 2.62. The van der Waals surface area contributed by atoms with E-state index in [4.69, 9.17) is 16.7 Å². The molecule has 0 saturated heterocycles. The van der Waals surface area contributed by atoms with Crippen LogP contribution >= 0.6 is 0 Å². The van der Waals surface area contributed by atoms with Crippen molar-refractivity contribution in [3.63, 3.8) is 0 Å². The summed E-state index contributed by atoms with van der Waals surface area (Å²) in [6, 6.07) is 12.5. The number of carbonyl (C=O) groups excluding carboxylic acids is 3. The second kappa shape index (κ2) is 14.8. The summed E-state index contributed by atoms with van der Waals surface area (Å²) in [6.07, 6.45) is 0.992. The fourth-order valence-corrected chi connectivity index (χ4v) is 2.62. The first-order valence-electron chi connectivity index (χ1n) is 10.1. The molecule has 0 radical (unpaired) electrons. The van der Waals surface area contributed by atoms with Gasteiger partial charge in [0.1, 0.15) is 6.04 Å². The molecule has 0 aromatic heterocycles. The number of hydrogen-bond donors (Lipinski definition) is 6.